The van der Waals surface area contributed by atoms with Gasteiger partial charge in [-0.25, -0.2) is 0 Å². The first-order valence-corrected chi connectivity index (χ1v) is 4.50. The van der Waals surface area contributed by atoms with Crippen LogP contribution in [0.3, 0.4) is 0 Å². The summed E-state index contributed by atoms with van der Waals surface area (Å²) in [4.78, 5) is 10.2. The first-order valence-electron chi connectivity index (χ1n) is 4.50. The maximum atomic E-state index is 10.2. The summed E-state index contributed by atoms with van der Waals surface area (Å²) in [5, 5.41) is 2.66. The van der Waals surface area contributed by atoms with E-state index in [9.17, 15) is 4.79 Å². The predicted octanol–water partition coefficient (Wildman–Crippen LogP) is -0.115. The summed E-state index contributed by atoms with van der Waals surface area (Å²) in [7, 11) is 0. The summed E-state index contributed by atoms with van der Waals surface area (Å²) >= 11 is 0. The van der Waals surface area contributed by atoms with Crippen molar-refractivity contribution in [2.24, 2.45) is 5.73 Å². The van der Waals surface area contributed by atoms with Crippen LogP contribution >= 0.6 is 0 Å². The van der Waals surface area contributed by atoms with Crippen molar-refractivity contribution < 1.29 is 4.79 Å². The van der Waals surface area contributed by atoms with Gasteiger partial charge in [0.2, 0.25) is 6.41 Å². The van der Waals surface area contributed by atoms with E-state index in [4.69, 9.17) is 11.5 Å². The summed E-state index contributed by atoms with van der Waals surface area (Å²) < 4.78 is 0. The molecule has 0 aliphatic rings. The van der Waals surface area contributed by atoms with Gasteiger partial charge in [-0.2, -0.15) is 0 Å². The third-order valence-electron chi connectivity index (χ3n) is 2.05. The molecule has 1 aromatic carbocycles. The van der Waals surface area contributed by atoms with Gasteiger partial charge >= 0.3 is 0 Å². The van der Waals surface area contributed by atoms with Crippen LogP contribution in [0.4, 0.5) is 5.69 Å². The molecule has 1 aromatic rings. The predicted molar refractivity (Wildman–Crippen MR) is 56.6 cm³/mol. The minimum absolute atomic E-state index is 0.00359. The topological polar surface area (TPSA) is 81.1 Å². The number of nitrogen functional groups attached to an aromatic ring is 1. The van der Waals surface area contributed by atoms with Gasteiger partial charge < -0.3 is 16.8 Å². The Labute approximate surface area is 83.3 Å². The van der Waals surface area contributed by atoms with E-state index < -0.39 is 0 Å². The van der Waals surface area contributed by atoms with Crippen LogP contribution < -0.4 is 16.8 Å². The van der Waals surface area contributed by atoms with Crippen molar-refractivity contribution in [3.8, 4) is 0 Å². The number of amides is 1. The van der Waals surface area contributed by atoms with Crippen LogP contribution in [0.15, 0.2) is 24.3 Å². The number of nitrogens with one attached hydrogen (secondary N) is 1. The lowest BCUT2D eigenvalue weighted by Gasteiger charge is -2.13. The first kappa shape index (κ1) is 10.5. The van der Waals surface area contributed by atoms with Gasteiger partial charge in [-0.15, -0.1) is 0 Å². The van der Waals surface area contributed by atoms with Crippen molar-refractivity contribution in [2.45, 2.75) is 12.5 Å². The largest absolute Gasteiger partial charge is 0.399 e. The highest BCUT2D eigenvalue weighted by Gasteiger charge is 2.05. The number of carbonyl (C=O) groups excluding carboxylic acids is 1. The summed E-state index contributed by atoms with van der Waals surface area (Å²) in [5.74, 6) is 0. The molecule has 0 aromatic heterocycles. The lowest BCUT2D eigenvalue weighted by Crippen LogP contribution is -2.36. The van der Waals surface area contributed by atoms with Crippen molar-refractivity contribution >= 4 is 12.1 Å². The van der Waals surface area contributed by atoms with Gasteiger partial charge in [0.1, 0.15) is 0 Å². The van der Waals surface area contributed by atoms with Crippen molar-refractivity contribution in [1.29, 1.82) is 0 Å². The smallest absolute Gasteiger partial charge is 0.207 e. The van der Waals surface area contributed by atoms with Crippen molar-refractivity contribution in [3.63, 3.8) is 0 Å². The standard InChI is InChI=1S/C10H15N3O/c11-6-10(13-7-14)5-8-1-3-9(12)4-2-8/h1-4,7,10H,5-6,11-12H2,(H,13,14). The molecule has 0 aliphatic carbocycles. The first-order chi connectivity index (χ1) is 6.76. The molecule has 0 saturated carbocycles. The molecule has 4 heteroatoms. The molecular formula is C10H15N3O. The second-order valence-electron chi connectivity index (χ2n) is 3.16. The molecule has 0 aliphatic heterocycles. The fraction of sp³-hybridized carbons (Fsp3) is 0.300. The Balaban J connectivity index is 2.57. The Kier molecular flexibility index (Phi) is 3.94. The zero-order valence-corrected chi connectivity index (χ0v) is 7.94. The molecular weight excluding hydrogens is 178 g/mol. The molecule has 1 atom stereocenters. The van der Waals surface area contributed by atoms with Crippen LogP contribution in [0, 0.1) is 0 Å². The Hall–Kier alpha value is -1.55. The molecule has 0 bridgehead atoms. The Bertz CT molecular complexity index is 284. The monoisotopic (exact) mass is 193 g/mol. The highest BCUT2D eigenvalue weighted by molar-refractivity contribution is 5.47. The molecule has 4 nitrogen and oxygen atoms in total. The van der Waals surface area contributed by atoms with E-state index in [1.165, 1.54) is 0 Å². The highest BCUT2D eigenvalue weighted by Crippen LogP contribution is 2.07. The number of anilines is 1. The third-order valence-corrected chi connectivity index (χ3v) is 2.05. The maximum Gasteiger partial charge on any atom is 0.207 e. The SMILES string of the molecule is NCC(Cc1ccc(N)cc1)NC=O. The Morgan fingerprint density at radius 1 is 1.36 bits per heavy atom. The van der Waals surface area contributed by atoms with Crippen LogP contribution in [0.25, 0.3) is 0 Å². The summed E-state index contributed by atoms with van der Waals surface area (Å²) in [6.45, 7) is 0.434. The van der Waals surface area contributed by atoms with Crippen LogP contribution in [-0.4, -0.2) is 19.0 Å². The van der Waals surface area contributed by atoms with E-state index in [0.717, 1.165) is 17.7 Å². The zero-order chi connectivity index (χ0) is 10.4. The number of hydrogen-bond donors (Lipinski definition) is 3. The average molecular weight is 193 g/mol. The molecule has 1 amide bonds. The summed E-state index contributed by atoms with van der Waals surface area (Å²) in [6, 6.07) is 7.54. The van der Waals surface area contributed by atoms with E-state index in [1.54, 1.807) is 0 Å². The van der Waals surface area contributed by atoms with Crippen molar-refractivity contribution in [2.75, 3.05) is 12.3 Å². The van der Waals surface area contributed by atoms with Gasteiger partial charge in [-0.1, -0.05) is 12.1 Å². The summed E-state index contributed by atoms with van der Waals surface area (Å²) in [6.07, 6.45) is 1.41. The van der Waals surface area contributed by atoms with Gasteiger partial charge in [0.05, 0.1) is 0 Å². The van der Waals surface area contributed by atoms with E-state index in [1.807, 2.05) is 24.3 Å². The highest BCUT2D eigenvalue weighted by atomic mass is 16.1. The number of nitrogens with two attached hydrogens (primary N) is 2. The van der Waals surface area contributed by atoms with E-state index in [0.29, 0.717) is 13.0 Å². The fourth-order valence-electron chi connectivity index (χ4n) is 1.24. The molecule has 1 rings (SSSR count). The molecule has 76 valence electrons. The van der Waals surface area contributed by atoms with Crippen molar-refractivity contribution in [3.05, 3.63) is 29.8 Å². The number of rotatable bonds is 5. The lowest BCUT2D eigenvalue weighted by molar-refractivity contribution is -0.110. The third kappa shape index (κ3) is 3.06. The maximum absolute atomic E-state index is 10.2. The molecule has 0 radical (unpaired) electrons. The second kappa shape index (κ2) is 5.24. The quantitative estimate of drug-likeness (QED) is 0.450. The minimum atomic E-state index is -0.00359. The molecule has 0 spiro atoms. The number of carbonyl (C=O) groups is 1. The second-order valence-corrected chi connectivity index (χ2v) is 3.16. The molecule has 14 heavy (non-hydrogen) atoms. The van der Waals surface area contributed by atoms with Crippen molar-refractivity contribution in [1.82, 2.24) is 5.32 Å². The van der Waals surface area contributed by atoms with E-state index in [-0.39, 0.29) is 6.04 Å². The number of hydrogen-bond acceptors (Lipinski definition) is 3. The molecule has 5 N–H and O–H groups in total. The average Bonchev–Trinajstić information content (AvgIpc) is 2.20. The zero-order valence-electron chi connectivity index (χ0n) is 7.94. The lowest BCUT2D eigenvalue weighted by atomic mass is 10.1. The van der Waals surface area contributed by atoms with Crippen LogP contribution in [0.1, 0.15) is 5.56 Å². The summed E-state index contributed by atoms with van der Waals surface area (Å²) in [5.41, 5.74) is 12.9. The van der Waals surface area contributed by atoms with Gasteiger partial charge in [-0.3, -0.25) is 4.79 Å². The fourth-order valence-corrected chi connectivity index (χ4v) is 1.24. The van der Waals surface area contributed by atoms with Gasteiger partial charge in [0.25, 0.3) is 0 Å². The Morgan fingerprint density at radius 3 is 2.50 bits per heavy atom. The van der Waals surface area contributed by atoms with Gasteiger partial charge in [0.15, 0.2) is 0 Å². The van der Waals surface area contributed by atoms with Crippen LogP contribution in [-0.2, 0) is 11.2 Å². The Morgan fingerprint density at radius 2 is 2.00 bits per heavy atom. The van der Waals surface area contributed by atoms with Crippen LogP contribution in [0.5, 0.6) is 0 Å². The van der Waals surface area contributed by atoms with Gasteiger partial charge in [-0.05, 0) is 24.1 Å². The number of benzene rings is 1. The van der Waals surface area contributed by atoms with E-state index >= 15 is 0 Å². The molecule has 0 fully saturated rings. The van der Waals surface area contributed by atoms with Crippen LogP contribution in [0.2, 0.25) is 0 Å². The minimum Gasteiger partial charge on any atom is -0.399 e. The van der Waals surface area contributed by atoms with E-state index in [2.05, 4.69) is 5.32 Å². The van der Waals surface area contributed by atoms with Gasteiger partial charge in [0, 0.05) is 18.3 Å². The molecule has 0 heterocycles. The molecule has 1 unspecified atom stereocenters. The normalized spacial score (nSPS) is 12.1. The molecule has 0 saturated heterocycles.